The van der Waals surface area contributed by atoms with Crippen molar-refractivity contribution in [2.45, 2.75) is 0 Å². The van der Waals surface area contributed by atoms with Gasteiger partial charge in [0, 0.05) is 5.39 Å². The van der Waals surface area contributed by atoms with E-state index in [0.717, 1.165) is 17.2 Å². The van der Waals surface area contributed by atoms with E-state index in [1.165, 1.54) is 0 Å². The van der Waals surface area contributed by atoms with E-state index in [0.29, 0.717) is 17.9 Å². The molecule has 0 atom stereocenters. The first-order valence-electron chi connectivity index (χ1n) is 3.97. The Hall–Kier alpha value is -2.17. The number of hydrogen-bond donors (Lipinski definition) is 2. The van der Waals surface area contributed by atoms with Crippen LogP contribution in [-0.2, 0) is 4.79 Å². The molecule has 0 saturated carbocycles. The zero-order valence-corrected chi connectivity index (χ0v) is 7.15. The van der Waals surface area contributed by atoms with Crippen LogP contribution in [0.2, 0.25) is 0 Å². The van der Waals surface area contributed by atoms with Crippen molar-refractivity contribution in [2.75, 3.05) is 5.32 Å². The second kappa shape index (κ2) is 3.29. The number of aromatic amines is 1. The molecular weight excluding hydrogens is 182 g/mol. The molecular formula is C9H7N3O2. The summed E-state index contributed by atoms with van der Waals surface area (Å²) in [7, 11) is 0. The Kier molecular flexibility index (Phi) is 1.98. The van der Waals surface area contributed by atoms with Gasteiger partial charge in [-0.25, -0.2) is 4.98 Å². The molecule has 70 valence electrons. The first-order valence-corrected chi connectivity index (χ1v) is 3.97. The molecule has 5 heteroatoms. The lowest BCUT2D eigenvalue weighted by molar-refractivity contribution is -0.105. The van der Waals surface area contributed by atoms with Gasteiger partial charge in [0.15, 0.2) is 6.29 Å². The molecule has 0 aromatic carbocycles. The van der Waals surface area contributed by atoms with Gasteiger partial charge in [-0.05, 0) is 12.1 Å². The highest BCUT2D eigenvalue weighted by Crippen LogP contribution is 2.16. The zero-order valence-electron chi connectivity index (χ0n) is 7.15. The van der Waals surface area contributed by atoms with Gasteiger partial charge < -0.3 is 10.3 Å². The molecule has 1 amide bonds. The maximum absolute atomic E-state index is 10.5. The molecule has 0 fully saturated rings. The molecule has 0 radical (unpaired) electrons. The highest BCUT2D eigenvalue weighted by atomic mass is 16.1. The quantitative estimate of drug-likeness (QED) is 0.705. The molecule has 0 unspecified atom stereocenters. The number of rotatable bonds is 3. The van der Waals surface area contributed by atoms with Crippen LogP contribution in [0.5, 0.6) is 0 Å². The monoisotopic (exact) mass is 189 g/mol. The van der Waals surface area contributed by atoms with Crippen molar-refractivity contribution in [2.24, 2.45) is 0 Å². The number of aldehydes is 1. The summed E-state index contributed by atoms with van der Waals surface area (Å²) in [6.45, 7) is 0. The van der Waals surface area contributed by atoms with E-state index in [1.54, 1.807) is 18.3 Å². The van der Waals surface area contributed by atoms with Gasteiger partial charge in [0.25, 0.3) is 0 Å². The average molecular weight is 189 g/mol. The Morgan fingerprint density at radius 1 is 1.36 bits per heavy atom. The van der Waals surface area contributed by atoms with Crippen LogP contribution in [0.15, 0.2) is 18.3 Å². The van der Waals surface area contributed by atoms with E-state index in [9.17, 15) is 9.59 Å². The van der Waals surface area contributed by atoms with Gasteiger partial charge in [-0.15, -0.1) is 0 Å². The van der Waals surface area contributed by atoms with Crippen LogP contribution in [0.4, 0.5) is 5.82 Å². The third kappa shape index (κ3) is 1.35. The fourth-order valence-corrected chi connectivity index (χ4v) is 1.26. The molecule has 0 aliphatic heterocycles. The predicted octanol–water partition coefficient (Wildman–Crippen LogP) is 0.944. The van der Waals surface area contributed by atoms with Crippen LogP contribution < -0.4 is 5.32 Å². The molecule has 2 heterocycles. The standard InChI is InChI=1S/C9H7N3O2/c13-4-7-1-6-2-9(11-5-14)10-3-8(6)12-7/h1-5,12H,(H,10,11,14). The van der Waals surface area contributed by atoms with Gasteiger partial charge in [0.2, 0.25) is 6.41 Å². The second-order valence-electron chi connectivity index (χ2n) is 2.76. The van der Waals surface area contributed by atoms with Crippen molar-refractivity contribution in [3.05, 3.63) is 24.0 Å². The van der Waals surface area contributed by atoms with E-state index in [-0.39, 0.29) is 0 Å². The van der Waals surface area contributed by atoms with E-state index in [4.69, 9.17) is 0 Å². The fourth-order valence-electron chi connectivity index (χ4n) is 1.26. The van der Waals surface area contributed by atoms with Crippen LogP contribution in [0.25, 0.3) is 10.9 Å². The Morgan fingerprint density at radius 2 is 2.21 bits per heavy atom. The van der Waals surface area contributed by atoms with Crippen LogP contribution in [0, 0.1) is 0 Å². The number of carbonyl (C=O) groups excluding carboxylic acids is 2. The number of nitrogens with one attached hydrogen (secondary N) is 2. The molecule has 0 aliphatic rings. The average Bonchev–Trinajstić information content (AvgIpc) is 2.60. The van der Waals surface area contributed by atoms with Crippen molar-refractivity contribution >= 4 is 29.4 Å². The number of H-pyrrole nitrogens is 1. The lowest BCUT2D eigenvalue weighted by atomic mass is 10.3. The zero-order chi connectivity index (χ0) is 9.97. The number of hydrogen-bond acceptors (Lipinski definition) is 3. The fraction of sp³-hybridized carbons (Fsp3) is 0. The van der Waals surface area contributed by atoms with Crippen LogP contribution in [0.1, 0.15) is 10.5 Å². The maximum Gasteiger partial charge on any atom is 0.212 e. The lowest BCUT2D eigenvalue weighted by Crippen LogP contribution is -1.95. The number of fused-ring (bicyclic) bond motifs is 1. The van der Waals surface area contributed by atoms with Crippen molar-refractivity contribution in [1.29, 1.82) is 0 Å². The third-order valence-corrected chi connectivity index (χ3v) is 1.86. The third-order valence-electron chi connectivity index (χ3n) is 1.86. The number of pyridine rings is 1. The van der Waals surface area contributed by atoms with Crippen molar-refractivity contribution < 1.29 is 9.59 Å². The Morgan fingerprint density at radius 3 is 2.93 bits per heavy atom. The van der Waals surface area contributed by atoms with E-state index >= 15 is 0 Å². The van der Waals surface area contributed by atoms with Gasteiger partial charge >= 0.3 is 0 Å². The number of amides is 1. The summed E-state index contributed by atoms with van der Waals surface area (Å²) in [6, 6.07) is 3.38. The Labute approximate surface area is 79.1 Å². The maximum atomic E-state index is 10.5. The smallest absolute Gasteiger partial charge is 0.212 e. The van der Waals surface area contributed by atoms with Crippen LogP contribution in [0.3, 0.4) is 0 Å². The van der Waals surface area contributed by atoms with Crippen LogP contribution >= 0.6 is 0 Å². The van der Waals surface area contributed by atoms with E-state index in [2.05, 4.69) is 15.3 Å². The summed E-state index contributed by atoms with van der Waals surface area (Å²) in [5, 5.41) is 3.27. The topological polar surface area (TPSA) is 74.8 Å². The number of carbonyl (C=O) groups is 2. The molecule has 14 heavy (non-hydrogen) atoms. The molecule has 2 aromatic rings. The lowest BCUT2D eigenvalue weighted by Gasteiger charge is -1.95. The normalized spacial score (nSPS) is 10.0. The van der Waals surface area contributed by atoms with Crippen molar-refractivity contribution in [3.63, 3.8) is 0 Å². The van der Waals surface area contributed by atoms with Gasteiger partial charge in [0.1, 0.15) is 5.82 Å². The summed E-state index contributed by atoms with van der Waals surface area (Å²) in [5.41, 5.74) is 1.26. The first kappa shape index (κ1) is 8.43. The minimum Gasteiger partial charge on any atom is -0.351 e. The van der Waals surface area contributed by atoms with Crippen molar-refractivity contribution in [1.82, 2.24) is 9.97 Å². The molecule has 2 N–H and O–H groups in total. The summed E-state index contributed by atoms with van der Waals surface area (Å²) >= 11 is 0. The van der Waals surface area contributed by atoms with Gasteiger partial charge in [-0.2, -0.15) is 0 Å². The molecule has 5 nitrogen and oxygen atoms in total. The highest BCUT2D eigenvalue weighted by Gasteiger charge is 2.01. The number of aromatic nitrogens is 2. The molecule has 2 aromatic heterocycles. The number of anilines is 1. The largest absolute Gasteiger partial charge is 0.351 e. The molecule has 0 saturated heterocycles. The number of nitrogens with zero attached hydrogens (tertiary/aromatic N) is 1. The Balaban J connectivity index is 2.53. The minimum atomic E-state index is 0.462. The van der Waals surface area contributed by atoms with Gasteiger partial charge in [0.05, 0.1) is 17.4 Å². The first-order chi connectivity index (χ1) is 6.83. The molecule has 0 spiro atoms. The highest BCUT2D eigenvalue weighted by molar-refractivity contribution is 5.89. The van der Waals surface area contributed by atoms with Crippen LogP contribution in [-0.4, -0.2) is 22.7 Å². The molecule has 0 bridgehead atoms. The summed E-state index contributed by atoms with van der Waals surface area (Å²) in [5.74, 6) is 0.462. The molecule has 0 aliphatic carbocycles. The molecule has 2 rings (SSSR count). The minimum absolute atomic E-state index is 0.462. The summed E-state index contributed by atoms with van der Waals surface area (Å²) in [4.78, 5) is 27.4. The van der Waals surface area contributed by atoms with Crippen molar-refractivity contribution in [3.8, 4) is 0 Å². The van der Waals surface area contributed by atoms with E-state index in [1.807, 2.05) is 0 Å². The SMILES string of the molecule is O=CNc1cc2cc(C=O)[nH]c2cn1. The van der Waals surface area contributed by atoms with E-state index < -0.39 is 0 Å². The van der Waals surface area contributed by atoms with Gasteiger partial charge in [-0.1, -0.05) is 0 Å². The predicted molar refractivity (Wildman–Crippen MR) is 51.2 cm³/mol. The van der Waals surface area contributed by atoms with Gasteiger partial charge in [-0.3, -0.25) is 9.59 Å². The summed E-state index contributed by atoms with van der Waals surface area (Å²) < 4.78 is 0. The second-order valence-corrected chi connectivity index (χ2v) is 2.76. The summed E-state index contributed by atoms with van der Waals surface area (Å²) in [6.07, 6.45) is 2.85. The Bertz CT molecular complexity index is 490.